The van der Waals surface area contributed by atoms with Crippen molar-refractivity contribution in [2.75, 3.05) is 45.9 Å². The van der Waals surface area contributed by atoms with E-state index >= 15 is 0 Å². The average Bonchev–Trinajstić information content (AvgIpc) is 2.81. The fourth-order valence-corrected chi connectivity index (χ4v) is 6.12. The Morgan fingerprint density at radius 2 is 2.00 bits per heavy atom. The molecule has 2 heterocycles. The van der Waals surface area contributed by atoms with E-state index in [0.29, 0.717) is 17.0 Å². The fourth-order valence-electron chi connectivity index (χ4n) is 4.66. The number of hydrogen-bond acceptors (Lipinski definition) is 5. The molecular formula is C24H32FN3O3S. The van der Waals surface area contributed by atoms with Gasteiger partial charge in [-0.25, -0.2) is 4.39 Å². The lowest BCUT2D eigenvalue weighted by Gasteiger charge is -2.43. The van der Waals surface area contributed by atoms with Crippen LogP contribution in [0.15, 0.2) is 29.2 Å². The van der Waals surface area contributed by atoms with E-state index in [1.54, 1.807) is 40.9 Å². The summed E-state index contributed by atoms with van der Waals surface area (Å²) in [5.41, 5.74) is 0.408. The van der Waals surface area contributed by atoms with Crippen LogP contribution in [0.5, 0.6) is 0 Å². The van der Waals surface area contributed by atoms with Gasteiger partial charge in [0, 0.05) is 36.5 Å². The maximum Gasteiger partial charge on any atom is 0.261 e. The van der Waals surface area contributed by atoms with Crippen LogP contribution in [-0.2, 0) is 14.3 Å². The predicted molar refractivity (Wildman–Crippen MR) is 125 cm³/mol. The van der Waals surface area contributed by atoms with Crippen molar-refractivity contribution in [3.63, 3.8) is 0 Å². The molecule has 8 heteroatoms. The van der Waals surface area contributed by atoms with Crippen molar-refractivity contribution in [2.24, 2.45) is 0 Å². The summed E-state index contributed by atoms with van der Waals surface area (Å²) in [5, 5.41) is 3.24. The Balaban J connectivity index is 1.37. The first-order valence-corrected chi connectivity index (χ1v) is 12.5. The number of ether oxygens (including phenoxy) is 1. The Labute approximate surface area is 193 Å². The molecule has 174 valence electrons. The minimum atomic E-state index is -0.344. The zero-order chi connectivity index (χ0) is 22.3. The summed E-state index contributed by atoms with van der Waals surface area (Å²) in [6.45, 7) is 5.01. The number of halogens is 1. The lowest BCUT2D eigenvalue weighted by molar-refractivity contribution is -0.135. The summed E-state index contributed by atoms with van der Waals surface area (Å²) in [6.07, 6.45) is 6.63. The summed E-state index contributed by atoms with van der Waals surface area (Å²) in [4.78, 5) is 30.6. The summed E-state index contributed by atoms with van der Waals surface area (Å²) in [6, 6.07) is 6.54. The second-order valence-electron chi connectivity index (χ2n) is 8.63. The second-order valence-corrected chi connectivity index (χ2v) is 9.91. The molecule has 3 aliphatic rings. The van der Waals surface area contributed by atoms with Crippen LogP contribution in [0.3, 0.4) is 0 Å². The number of nitrogens with one attached hydrogen (secondary N) is 1. The largest absolute Gasteiger partial charge is 0.379 e. The van der Waals surface area contributed by atoms with Crippen molar-refractivity contribution in [1.29, 1.82) is 0 Å². The number of amides is 2. The van der Waals surface area contributed by atoms with Gasteiger partial charge in [-0.15, -0.1) is 11.8 Å². The standard InChI is InChI=1S/C24H32FN3O3S/c25-19-7-2-1-6-18(19)16-22-24(30)28(20-8-3-4-9-21(20)32-22)17-23(29)26-10-5-11-27-12-14-31-15-13-27/h1-2,6-7,16,20-21H,3-5,8-15,17H2,(H,26,29)/b22-16-. The maximum absolute atomic E-state index is 14.2. The molecule has 2 amide bonds. The molecule has 0 spiro atoms. The number of hydrogen-bond donors (Lipinski definition) is 1. The van der Waals surface area contributed by atoms with Crippen LogP contribution in [0.4, 0.5) is 4.39 Å². The average molecular weight is 462 g/mol. The molecular weight excluding hydrogens is 429 g/mol. The van der Waals surface area contributed by atoms with Crippen molar-refractivity contribution in [3.8, 4) is 0 Å². The van der Waals surface area contributed by atoms with Crippen LogP contribution < -0.4 is 5.32 Å². The van der Waals surface area contributed by atoms with Crippen LogP contribution in [0.25, 0.3) is 6.08 Å². The van der Waals surface area contributed by atoms with E-state index in [1.807, 2.05) is 0 Å². The maximum atomic E-state index is 14.2. The first-order valence-electron chi connectivity index (χ1n) is 11.6. The van der Waals surface area contributed by atoms with Gasteiger partial charge in [-0.2, -0.15) is 0 Å². The predicted octanol–water partition coefficient (Wildman–Crippen LogP) is 2.89. The molecule has 4 rings (SSSR count). The fraction of sp³-hybridized carbons (Fsp3) is 0.583. The monoisotopic (exact) mass is 461 g/mol. The molecule has 1 aliphatic carbocycles. The van der Waals surface area contributed by atoms with Crippen molar-refractivity contribution in [2.45, 2.75) is 43.4 Å². The minimum Gasteiger partial charge on any atom is -0.379 e. The van der Waals surface area contributed by atoms with Gasteiger partial charge in [0.05, 0.1) is 18.1 Å². The molecule has 1 N–H and O–H groups in total. The van der Waals surface area contributed by atoms with Crippen LogP contribution in [0, 0.1) is 5.82 Å². The van der Waals surface area contributed by atoms with Gasteiger partial charge in [0.1, 0.15) is 12.4 Å². The van der Waals surface area contributed by atoms with Crippen molar-refractivity contribution in [3.05, 3.63) is 40.6 Å². The highest BCUT2D eigenvalue weighted by molar-refractivity contribution is 8.04. The number of carbonyl (C=O) groups excluding carboxylic acids is 2. The summed E-state index contributed by atoms with van der Waals surface area (Å²) < 4.78 is 19.5. The van der Waals surface area contributed by atoms with Gasteiger partial charge in [-0.05, 0) is 37.9 Å². The molecule has 0 aromatic heterocycles. The second kappa shape index (κ2) is 11.3. The van der Waals surface area contributed by atoms with Crippen LogP contribution in [-0.4, -0.2) is 78.8 Å². The molecule has 2 atom stereocenters. The smallest absolute Gasteiger partial charge is 0.261 e. The number of fused-ring (bicyclic) bond motifs is 1. The summed E-state index contributed by atoms with van der Waals surface area (Å²) in [7, 11) is 0. The van der Waals surface area contributed by atoms with Crippen LogP contribution in [0.1, 0.15) is 37.7 Å². The Hall–Kier alpha value is -1.90. The number of nitrogens with zero attached hydrogens (tertiary/aromatic N) is 2. The van der Waals surface area contributed by atoms with E-state index in [-0.39, 0.29) is 35.5 Å². The van der Waals surface area contributed by atoms with Gasteiger partial charge in [-0.1, -0.05) is 31.0 Å². The third kappa shape index (κ3) is 5.91. The van der Waals surface area contributed by atoms with Crippen molar-refractivity contribution in [1.82, 2.24) is 15.1 Å². The first kappa shape index (κ1) is 23.3. The summed E-state index contributed by atoms with van der Waals surface area (Å²) in [5.74, 6) is -0.629. The SMILES string of the molecule is O=C(CN1C(=O)/C(=C/c2ccccc2F)SC2CCCCC21)NCCCN1CCOCC1. The number of carbonyl (C=O) groups is 2. The Kier molecular flexibility index (Phi) is 8.21. The normalized spacial score (nSPS) is 25.6. The van der Waals surface area contributed by atoms with E-state index in [1.165, 1.54) is 6.07 Å². The Morgan fingerprint density at radius 1 is 1.22 bits per heavy atom. The quantitative estimate of drug-likeness (QED) is 0.500. The molecule has 1 saturated carbocycles. The van der Waals surface area contributed by atoms with Gasteiger partial charge in [0.2, 0.25) is 5.91 Å². The Morgan fingerprint density at radius 3 is 2.81 bits per heavy atom. The molecule has 1 aromatic rings. The third-order valence-electron chi connectivity index (χ3n) is 6.40. The van der Waals surface area contributed by atoms with Gasteiger partial charge >= 0.3 is 0 Å². The summed E-state index contributed by atoms with van der Waals surface area (Å²) >= 11 is 1.55. The van der Waals surface area contributed by atoms with Crippen molar-refractivity contribution >= 4 is 29.7 Å². The molecule has 6 nitrogen and oxygen atoms in total. The number of thioether (sulfide) groups is 1. The lowest BCUT2D eigenvalue weighted by Crippen LogP contribution is -2.54. The van der Waals surface area contributed by atoms with Gasteiger partial charge in [0.15, 0.2) is 0 Å². The molecule has 32 heavy (non-hydrogen) atoms. The van der Waals surface area contributed by atoms with E-state index in [4.69, 9.17) is 4.74 Å². The van der Waals surface area contributed by atoms with E-state index in [2.05, 4.69) is 10.2 Å². The highest BCUT2D eigenvalue weighted by Crippen LogP contribution is 2.42. The number of benzene rings is 1. The van der Waals surface area contributed by atoms with Gasteiger partial charge < -0.3 is 15.0 Å². The van der Waals surface area contributed by atoms with Gasteiger partial charge in [-0.3, -0.25) is 14.5 Å². The topological polar surface area (TPSA) is 61.9 Å². The molecule has 0 bridgehead atoms. The number of rotatable bonds is 7. The number of morpholine rings is 1. The van der Waals surface area contributed by atoms with E-state index < -0.39 is 0 Å². The van der Waals surface area contributed by atoms with E-state index in [9.17, 15) is 14.0 Å². The molecule has 2 saturated heterocycles. The highest BCUT2D eigenvalue weighted by Gasteiger charge is 2.41. The highest BCUT2D eigenvalue weighted by atomic mass is 32.2. The zero-order valence-electron chi connectivity index (χ0n) is 18.4. The third-order valence-corrected chi connectivity index (χ3v) is 7.80. The molecule has 2 aliphatic heterocycles. The van der Waals surface area contributed by atoms with E-state index in [0.717, 1.165) is 65.0 Å². The lowest BCUT2D eigenvalue weighted by atomic mass is 9.93. The van der Waals surface area contributed by atoms with Crippen molar-refractivity contribution < 1.29 is 18.7 Å². The van der Waals surface area contributed by atoms with Gasteiger partial charge in [0.25, 0.3) is 5.91 Å². The Bertz CT molecular complexity index is 844. The molecule has 3 fully saturated rings. The zero-order valence-corrected chi connectivity index (χ0v) is 19.2. The minimum absolute atomic E-state index is 0.0622. The van der Waals surface area contributed by atoms with Crippen LogP contribution >= 0.6 is 11.8 Å². The first-order chi connectivity index (χ1) is 15.6. The molecule has 1 aromatic carbocycles. The van der Waals surface area contributed by atoms with Crippen LogP contribution in [0.2, 0.25) is 0 Å². The molecule has 0 radical (unpaired) electrons. The molecule has 2 unspecified atom stereocenters.